The van der Waals surface area contributed by atoms with Gasteiger partial charge in [-0.3, -0.25) is 4.79 Å². The summed E-state index contributed by atoms with van der Waals surface area (Å²) < 4.78 is 46.8. The summed E-state index contributed by atoms with van der Waals surface area (Å²) >= 11 is 0. The molecule has 3 aromatic rings. The topological polar surface area (TPSA) is 92.5 Å². The molecular weight excluding hydrogens is 409 g/mol. The number of benzene rings is 2. The number of nitrogens with one attached hydrogen (secondary N) is 1. The van der Waals surface area contributed by atoms with E-state index in [0.717, 1.165) is 17.2 Å². The Kier molecular flexibility index (Phi) is 5.57. The second-order valence-electron chi connectivity index (χ2n) is 7.39. The summed E-state index contributed by atoms with van der Waals surface area (Å²) in [5.41, 5.74) is 1.55. The molecule has 0 saturated carbocycles. The third-order valence-electron chi connectivity index (χ3n) is 5.29. The van der Waals surface area contributed by atoms with E-state index in [4.69, 9.17) is 4.42 Å². The molecule has 0 radical (unpaired) electrons. The maximum absolute atomic E-state index is 13.8. The number of rotatable bonds is 5. The Labute approximate surface area is 173 Å². The zero-order valence-electron chi connectivity index (χ0n) is 16.4. The molecule has 0 bridgehead atoms. The average Bonchev–Trinajstić information content (AvgIpc) is 3.17. The van der Waals surface area contributed by atoms with Crippen molar-refractivity contribution < 1.29 is 22.0 Å². The van der Waals surface area contributed by atoms with Gasteiger partial charge in [0.1, 0.15) is 16.2 Å². The molecule has 1 N–H and O–H groups in total. The number of piperidine rings is 1. The van der Waals surface area contributed by atoms with Gasteiger partial charge in [-0.2, -0.15) is 4.72 Å². The largest absolute Gasteiger partial charge is 0.440 e. The summed E-state index contributed by atoms with van der Waals surface area (Å²) in [6.45, 7) is 2.40. The van der Waals surface area contributed by atoms with Gasteiger partial charge in [0.05, 0.1) is 6.04 Å². The van der Waals surface area contributed by atoms with E-state index >= 15 is 0 Å². The van der Waals surface area contributed by atoms with Crippen molar-refractivity contribution in [3.63, 3.8) is 0 Å². The van der Waals surface area contributed by atoms with Crippen LogP contribution in [0.1, 0.15) is 31.6 Å². The number of para-hydroxylation sites is 2. The van der Waals surface area contributed by atoms with E-state index in [9.17, 15) is 17.6 Å². The van der Waals surface area contributed by atoms with Crippen LogP contribution in [-0.2, 0) is 14.8 Å². The predicted molar refractivity (Wildman–Crippen MR) is 109 cm³/mol. The van der Waals surface area contributed by atoms with Crippen LogP contribution >= 0.6 is 0 Å². The summed E-state index contributed by atoms with van der Waals surface area (Å²) in [5.74, 6) is -0.432. The Balaban J connectivity index is 1.38. The van der Waals surface area contributed by atoms with Gasteiger partial charge in [-0.15, -0.1) is 0 Å². The van der Waals surface area contributed by atoms with Gasteiger partial charge < -0.3 is 9.32 Å². The van der Waals surface area contributed by atoms with Crippen LogP contribution in [0.2, 0.25) is 0 Å². The molecule has 9 heteroatoms. The van der Waals surface area contributed by atoms with Crippen LogP contribution in [0, 0.1) is 5.82 Å². The summed E-state index contributed by atoms with van der Waals surface area (Å²) in [6.07, 6.45) is 1.34. The van der Waals surface area contributed by atoms with Crippen molar-refractivity contribution in [2.45, 2.75) is 36.6 Å². The van der Waals surface area contributed by atoms with Crippen LogP contribution in [-0.4, -0.2) is 43.3 Å². The van der Waals surface area contributed by atoms with E-state index < -0.39 is 26.8 Å². The third kappa shape index (κ3) is 4.08. The minimum atomic E-state index is -4.14. The molecule has 1 aliphatic heterocycles. The zero-order valence-corrected chi connectivity index (χ0v) is 17.2. The van der Waals surface area contributed by atoms with Gasteiger partial charge in [-0.1, -0.05) is 24.3 Å². The van der Waals surface area contributed by atoms with Gasteiger partial charge >= 0.3 is 0 Å². The zero-order chi connectivity index (χ0) is 21.3. The minimum Gasteiger partial charge on any atom is -0.440 e. The van der Waals surface area contributed by atoms with Crippen LogP contribution in [0.4, 0.5) is 4.39 Å². The average molecular weight is 431 g/mol. The third-order valence-corrected chi connectivity index (χ3v) is 6.87. The van der Waals surface area contributed by atoms with Crippen molar-refractivity contribution in [2.24, 2.45) is 0 Å². The fourth-order valence-corrected chi connectivity index (χ4v) is 4.97. The van der Waals surface area contributed by atoms with Gasteiger partial charge in [0, 0.05) is 19.0 Å². The summed E-state index contributed by atoms with van der Waals surface area (Å²) in [6, 6.07) is 11.6. The van der Waals surface area contributed by atoms with Gasteiger partial charge in [0.25, 0.3) is 0 Å². The van der Waals surface area contributed by atoms with Gasteiger partial charge in [-0.25, -0.2) is 17.8 Å². The number of hydrogen-bond acceptors (Lipinski definition) is 5. The lowest BCUT2D eigenvalue weighted by atomic mass is 9.96. The highest BCUT2D eigenvalue weighted by Gasteiger charge is 2.31. The molecule has 4 rings (SSSR count). The molecular formula is C21H22FN3O4S. The first-order valence-corrected chi connectivity index (χ1v) is 11.2. The predicted octanol–water partition coefficient (Wildman–Crippen LogP) is 3.04. The summed E-state index contributed by atoms with van der Waals surface area (Å²) in [7, 11) is -4.14. The van der Waals surface area contributed by atoms with E-state index in [1.54, 1.807) is 4.90 Å². The molecule has 2 aromatic carbocycles. The summed E-state index contributed by atoms with van der Waals surface area (Å²) in [4.78, 5) is 18.4. The fraction of sp³-hybridized carbons (Fsp3) is 0.333. The van der Waals surface area contributed by atoms with Gasteiger partial charge in [0.2, 0.25) is 15.9 Å². The Morgan fingerprint density at radius 1 is 1.17 bits per heavy atom. The number of likely N-dealkylation sites (tertiary alicyclic amines) is 1. The second kappa shape index (κ2) is 8.16. The maximum Gasteiger partial charge on any atom is 0.244 e. The van der Waals surface area contributed by atoms with Crippen LogP contribution < -0.4 is 4.72 Å². The van der Waals surface area contributed by atoms with E-state index in [0.29, 0.717) is 31.8 Å². The molecule has 30 heavy (non-hydrogen) atoms. The van der Waals surface area contributed by atoms with Crippen LogP contribution in [0.15, 0.2) is 57.8 Å². The van der Waals surface area contributed by atoms with E-state index in [-0.39, 0.29) is 11.8 Å². The number of sulfonamides is 1. The lowest BCUT2D eigenvalue weighted by Gasteiger charge is -2.32. The maximum atomic E-state index is 13.8. The van der Waals surface area contributed by atoms with Crippen molar-refractivity contribution in [3.8, 4) is 0 Å². The summed E-state index contributed by atoms with van der Waals surface area (Å²) in [5, 5.41) is 0. The quantitative estimate of drug-likeness (QED) is 0.670. The smallest absolute Gasteiger partial charge is 0.244 e. The van der Waals surface area contributed by atoms with Crippen LogP contribution in [0.3, 0.4) is 0 Å². The number of halogens is 1. The lowest BCUT2D eigenvalue weighted by Crippen LogP contribution is -2.49. The van der Waals surface area contributed by atoms with Crippen molar-refractivity contribution in [1.29, 1.82) is 0 Å². The Bertz CT molecular complexity index is 1140. The molecule has 2 heterocycles. The molecule has 158 valence electrons. The van der Waals surface area contributed by atoms with Crippen LogP contribution in [0.25, 0.3) is 11.1 Å². The van der Waals surface area contributed by atoms with Gasteiger partial charge in [0.15, 0.2) is 11.5 Å². The molecule has 0 spiro atoms. The molecule has 0 aliphatic carbocycles. The standard InChI is InChI=1S/C21H22FN3O4S/c1-14(24-30(27,28)19-9-5-2-6-16(19)22)21(26)25-12-10-15(11-13-25)20-23-17-7-3-4-8-18(17)29-20/h2-9,14-15,24H,10-13H2,1H3. The molecule has 1 aromatic heterocycles. The van der Waals surface area contributed by atoms with Crippen molar-refractivity contribution >= 4 is 27.0 Å². The number of nitrogens with zero attached hydrogens (tertiary/aromatic N) is 2. The Morgan fingerprint density at radius 3 is 2.53 bits per heavy atom. The monoisotopic (exact) mass is 431 g/mol. The van der Waals surface area contributed by atoms with Crippen molar-refractivity contribution in [3.05, 3.63) is 60.2 Å². The van der Waals surface area contributed by atoms with Crippen LogP contribution in [0.5, 0.6) is 0 Å². The van der Waals surface area contributed by atoms with E-state index in [2.05, 4.69) is 9.71 Å². The molecule has 1 amide bonds. The molecule has 1 unspecified atom stereocenters. The highest BCUT2D eigenvalue weighted by Crippen LogP contribution is 2.30. The molecule has 1 aliphatic rings. The first kappa shape index (κ1) is 20.5. The van der Waals surface area contributed by atoms with E-state index in [1.165, 1.54) is 25.1 Å². The number of carbonyl (C=O) groups is 1. The number of carbonyl (C=O) groups excluding carboxylic acids is 1. The number of oxazole rings is 1. The minimum absolute atomic E-state index is 0.104. The van der Waals surface area contributed by atoms with E-state index in [1.807, 2.05) is 24.3 Å². The molecule has 7 nitrogen and oxygen atoms in total. The second-order valence-corrected chi connectivity index (χ2v) is 9.08. The number of fused-ring (bicyclic) bond motifs is 1. The normalized spacial score (nSPS) is 16.7. The first-order valence-electron chi connectivity index (χ1n) is 9.76. The molecule has 1 atom stereocenters. The fourth-order valence-electron chi connectivity index (χ4n) is 3.69. The highest BCUT2D eigenvalue weighted by molar-refractivity contribution is 7.89. The Hall–Kier alpha value is -2.78. The first-order chi connectivity index (χ1) is 14.3. The number of hydrogen-bond donors (Lipinski definition) is 1. The highest BCUT2D eigenvalue weighted by atomic mass is 32.2. The molecule has 1 saturated heterocycles. The SMILES string of the molecule is CC(NS(=O)(=O)c1ccccc1F)C(=O)N1CCC(c2nc3ccccc3o2)CC1. The molecule has 1 fully saturated rings. The van der Waals surface area contributed by atoms with Crippen molar-refractivity contribution in [2.75, 3.05) is 13.1 Å². The number of amides is 1. The lowest BCUT2D eigenvalue weighted by molar-refractivity contribution is -0.133. The van der Waals surface area contributed by atoms with Crippen molar-refractivity contribution in [1.82, 2.24) is 14.6 Å². The van der Waals surface area contributed by atoms with Gasteiger partial charge in [-0.05, 0) is 44.0 Å². The Morgan fingerprint density at radius 2 is 1.83 bits per heavy atom. The number of aromatic nitrogens is 1.